The second-order valence-electron chi connectivity index (χ2n) is 4.88. The zero-order valence-electron chi connectivity index (χ0n) is 11.1. The van der Waals surface area contributed by atoms with Gasteiger partial charge in [0.2, 0.25) is 0 Å². The molecule has 2 N–H and O–H groups in total. The largest absolute Gasteiger partial charge is 0.373 e. The lowest BCUT2D eigenvalue weighted by Crippen LogP contribution is -2.16. The molecule has 2 rings (SSSR count). The quantitative estimate of drug-likeness (QED) is 0.849. The van der Waals surface area contributed by atoms with Crippen LogP contribution < -0.4 is 5.73 Å². The summed E-state index contributed by atoms with van der Waals surface area (Å²) in [6, 6.07) is 5.01. The van der Waals surface area contributed by atoms with Crippen LogP contribution in [0.1, 0.15) is 43.2 Å². The van der Waals surface area contributed by atoms with Crippen LogP contribution in [-0.4, -0.2) is 12.6 Å². The SMILES string of the molecule is NCC#Cc1ccc(COC2CCCCC2)c(F)c1. The van der Waals surface area contributed by atoms with E-state index in [0.29, 0.717) is 23.8 Å². The fourth-order valence-electron chi connectivity index (χ4n) is 2.33. The lowest BCUT2D eigenvalue weighted by molar-refractivity contribution is 0.0156. The molecule has 0 amide bonds. The Morgan fingerprint density at radius 2 is 2.05 bits per heavy atom. The summed E-state index contributed by atoms with van der Waals surface area (Å²) in [4.78, 5) is 0. The summed E-state index contributed by atoms with van der Waals surface area (Å²) in [6.07, 6.45) is 6.23. The molecular weight excluding hydrogens is 241 g/mol. The number of hydrogen-bond acceptors (Lipinski definition) is 2. The molecule has 19 heavy (non-hydrogen) atoms. The molecule has 0 saturated heterocycles. The molecule has 102 valence electrons. The van der Waals surface area contributed by atoms with E-state index in [0.717, 1.165) is 12.8 Å². The van der Waals surface area contributed by atoms with E-state index in [4.69, 9.17) is 10.5 Å². The second kappa shape index (κ2) is 7.28. The standard InChI is InChI=1S/C16H20FNO/c17-16-11-13(5-4-10-18)8-9-14(16)12-19-15-6-2-1-3-7-15/h8-9,11,15H,1-3,6-7,10,12,18H2. The average Bonchev–Trinajstić information content (AvgIpc) is 2.45. The Kier molecular flexibility index (Phi) is 5.38. The van der Waals surface area contributed by atoms with E-state index in [-0.39, 0.29) is 12.4 Å². The van der Waals surface area contributed by atoms with Crippen molar-refractivity contribution in [2.75, 3.05) is 6.54 Å². The van der Waals surface area contributed by atoms with Crippen LogP contribution >= 0.6 is 0 Å². The van der Waals surface area contributed by atoms with Gasteiger partial charge in [0.05, 0.1) is 19.3 Å². The third-order valence-corrected chi connectivity index (χ3v) is 3.41. The molecule has 0 atom stereocenters. The summed E-state index contributed by atoms with van der Waals surface area (Å²) in [5, 5.41) is 0. The van der Waals surface area contributed by atoms with Crippen molar-refractivity contribution >= 4 is 0 Å². The Balaban J connectivity index is 1.93. The molecule has 1 aromatic rings. The van der Waals surface area contributed by atoms with E-state index < -0.39 is 0 Å². The van der Waals surface area contributed by atoms with Gasteiger partial charge in [-0.3, -0.25) is 0 Å². The number of rotatable bonds is 3. The molecule has 0 bridgehead atoms. The lowest BCUT2D eigenvalue weighted by Gasteiger charge is -2.22. The van der Waals surface area contributed by atoms with Crippen molar-refractivity contribution in [1.29, 1.82) is 0 Å². The van der Waals surface area contributed by atoms with Crippen molar-refractivity contribution < 1.29 is 9.13 Å². The predicted molar refractivity (Wildman–Crippen MR) is 74.0 cm³/mol. The van der Waals surface area contributed by atoms with Gasteiger partial charge in [-0.2, -0.15) is 0 Å². The Morgan fingerprint density at radius 3 is 2.74 bits per heavy atom. The van der Waals surface area contributed by atoms with Crippen molar-refractivity contribution in [3.63, 3.8) is 0 Å². The first-order chi connectivity index (χ1) is 9.29. The zero-order valence-corrected chi connectivity index (χ0v) is 11.1. The van der Waals surface area contributed by atoms with Crippen LogP contribution in [0, 0.1) is 17.7 Å². The van der Waals surface area contributed by atoms with Crippen molar-refractivity contribution in [2.24, 2.45) is 5.73 Å². The molecule has 0 aromatic heterocycles. The van der Waals surface area contributed by atoms with Crippen molar-refractivity contribution in [3.8, 4) is 11.8 Å². The van der Waals surface area contributed by atoms with E-state index in [9.17, 15) is 4.39 Å². The van der Waals surface area contributed by atoms with E-state index in [1.165, 1.54) is 25.3 Å². The molecular formula is C16H20FNO. The number of benzene rings is 1. The fourth-order valence-corrected chi connectivity index (χ4v) is 2.33. The lowest BCUT2D eigenvalue weighted by atomic mass is 9.98. The predicted octanol–water partition coefficient (Wildman–Crippen LogP) is 2.99. The third kappa shape index (κ3) is 4.34. The maximum Gasteiger partial charge on any atom is 0.129 e. The normalized spacial score (nSPS) is 15.9. The van der Waals surface area contributed by atoms with Gasteiger partial charge in [0, 0.05) is 11.1 Å². The molecule has 0 aliphatic heterocycles. The highest BCUT2D eigenvalue weighted by Crippen LogP contribution is 2.22. The second-order valence-corrected chi connectivity index (χ2v) is 4.88. The molecule has 0 heterocycles. The van der Waals surface area contributed by atoms with E-state index in [1.54, 1.807) is 6.07 Å². The molecule has 1 aliphatic carbocycles. The zero-order chi connectivity index (χ0) is 13.5. The molecule has 1 aliphatic rings. The first-order valence-electron chi connectivity index (χ1n) is 6.88. The molecule has 0 spiro atoms. The van der Waals surface area contributed by atoms with Gasteiger partial charge >= 0.3 is 0 Å². The van der Waals surface area contributed by atoms with Gasteiger partial charge in [0.25, 0.3) is 0 Å². The van der Waals surface area contributed by atoms with E-state index in [1.807, 2.05) is 6.07 Å². The summed E-state index contributed by atoms with van der Waals surface area (Å²) in [6.45, 7) is 0.634. The van der Waals surface area contributed by atoms with Crippen molar-refractivity contribution in [1.82, 2.24) is 0 Å². The van der Waals surface area contributed by atoms with Crippen LogP contribution in [0.3, 0.4) is 0 Å². The van der Waals surface area contributed by atoms with Crippen molar-refractivity contribution in [2.45, 2.75) is 44.8 Å². The van der Waals surface area contributed by atoms with Crippen molar-refractivity contribution in [3.05, 3.63) is 35.1 Å². The van der Waals surface area contributed by atoms with Gasteiger partial charge in [-0.1, -0.05) is 37.2 Å². The maximum absolute atomic E-state index is 13.9. The molecule has 0 unspecified atom stereocenters. The minimum absolute atomic E-state index is 0.250. The monoisotopic (exact) mass is 261 g/mol. The van der Waals surface area contributed by atoms with Crippen LogP contribution in [0.2, 0.25) is 0 Å². The van der Waals surface area contributed by atoms with Crippen LogP contribution in [0.5, 0.6) is 0 Å². The molecule has 2 nitrogen and oxygen atoms in total. The van der Waals surface area contributed by atoms with E-state index in [2.05, 4.69) is 11.8 Å². The van der Waals surface area contributed by atoms with Crippen LogP contribution in [-0.2, 0) is 11.3 Å². The number of halogens is 1. The summed E-state index contributed by atoms with van der Waals surface area (Å²) >= 11 is 0. The molecule has 1 aromatic carbocycles. The van der Waals surface area contributed by atoms with Gasteiger partial charge in [-0.25, -0.2) is 4.39 Å². The van der Waals surface area contributed by atoms with E-state index >= 15 is 0 Å². The first kappa shape index (κ1) is 14.0. The van der Waals surface area contributed by atoms with Crippen LogP contribution in [0.4, 0.5) is 4.39 Å². The minimum atomic E-state index is -0.250. The molecule has 3 heteroatoms. The maximum atomic E-state index is 13.9. The number of nitrogens with two attached hydrogens (primary N) is 1. The average molecular weight is 261 g/mol. The summed E-state index contributed by atoms with van der Waals surface area (Å²) < 4.78 is 19.6. The Morgan fingerprint density at radius 1 is 1.26 bits per heavy atom. The van der Waals surface area contributed by atoms with Gasteiger partial charge < -0.3 is 10.5 Å². The topological polar surface area (TPSA) is 35.2 Å². The van der Waals surface area contributed by atoms with Gasteiger partial charge in [0.1, 0.15) is 5.82 Å². The van der Waals surface area contributed by atoms with Gasteiger partial charge in [0.15, 0.2) is 0 Å². The highest BCUT2D eigenvalue weighted by Gasteiger charge is 2.14. The Hall–Kier alpha value is -1.37. The Labute approximate surface area is 114 Å². The molecule has 0 radical (unpaired) electrons. The molecule has 1 fully saturated rings. The fraction of sp³-hybridized carbons (Fsp3) is 0.500. The Bertz CT molecular complexity index is 469. The summed E-state index contributed by atoms with van der Waals surface area (Å²) in [5.41, 5.74) is 6.54. The number of ether oxygens (including phenoxy) is 1. The number of hydrogen-bond donors (Lipinski definition) is 1. The highest BCUT2D eigenvalue weighted by atomic mass is 19.1. The highest BCUT2D eigenvalue weighted by molar-refractivity contribution is 5.37. The van der Waals surface area contributed by atoms with Crippen LogP contribution in [0.15, 0.2) is 18.2 Å². The summed E-state index contributed by atoms with van der Waals surface area (Å²) in [7, 11) is 0. The first-order valence-corrected chi connectivity index (χ1v) is 6.88. The van der Waals surface area contributed by atoms with Crippen LogP contribution in [0.25, 0.3) is 0 Å². The van der Waals surface area contributed by atoms with Gasteiger partial charge in [-0.05, 0) is 25.0 Å². The summed E-state index contributed by atoms with van der Waals surface area (Å²) in [5.74, 6) is 5.29. The van der Waals surface area contributed by atoms with Gasteiger partial charge in [-0.15, -0.1) is 0 Å². The smallest absolute Gasteiger partial charge is 0.129 e. The minimum Gasteiger partial charge on any atom is -0.373 e. The third-order valence-electron chi connectivity index (χ3n) is 3.41. The molecule has 1 saturated carbocycles.